The van der Waals surface area contributed by atoms with Gasteiger partial charge in [-0.2, -0.15) is 0 Å². The minimum Gasteiger partial charge on any atom is -0.461 e. The molecule has 1 spiro atoms. The smallest absolute Gasteiger partial charge is 0.342 e. The first-order valence-corrected chi connectivity index (χ1v) is 16.3. The number of unbranched alkanes of at least 4 members (excludes halogenated alkanes) is 4. The maximum Gasteiger partial charge on any atom is 0.342 e. The van der Waals surface area contributed by atoms with E-state index in [0.717, 1.165) is 39.5 Å². The number of epoxide rings is 1. The summed E-state index contributed by atoms with van der Waals surface area (Å²) in [5, 5.41) is 24.5. The Hall–Kier alpha value is -3.29. The zero-order valence-electron chi connectivity index (χ0n) is 28.5. The van der Waals surface area contributed by atoms with Crippen LogP contribution in [-0.2, 0) is 52.4 Å². The van der Waals surface area contributed by atoms with Gasteiger partial charge in [0.2, 0.25) is 5.79 Å². The molecule has 0 aromatic heterocycles. The predicted molar refractivity (Wildman–Crippen MR) is 163 cm³/mol. The Morgan fingerprint density at radius 3 is 2.13 bits per heavy atom. The SMILES string of the molecule is CCCCCCCC(=O)O[C@@]1(O)C[C@H](OC(C)=O)[C@]2(C)C=C[C@@H](OC(C)=O)[C@@](C)(O)[C@@H]2[C@@H](OC(C)=O)[C@@]23O[C@@]2(C)C(=O)O[C@H]3C=C1C. The van der Waals surface area contributed by atoms with Crippen LogP contribution < -0.4 is 0 Å². The third-order valence-electron chi connectivity index (χ3n) is 10.2. The van der Waals surface area contributed by atoms with Crippen molar-refractivity contribution in [2.75, 3.05) is 0 Å². The number of rotatable bonds is 10. The summed E-state index contributed by atoms with van der Waals surface area (Å²) in [4.78, 5) is 64.0. The van der Waals surface area contributed by atoms with Crippen molar-refractivity contribution in [1.29, 1.82) is 0 Å². The fraction of sp³-hybridized carbons (Fsp3) is 0.735. The van der Waals surface area contributed by atoms with Gasteiger partial charge in [-0.25, -0.2) is 4.79 Å². The summed E-state index contributed by atoms with van der Waals surface area (Å²) < 4.78 is 34.9. The summed E-state index contributed by atoms with van der Waals surface area (Å²) in [6.45, 7) is 11.5. The van der Waals surface area contributed by atoms with E-state index in [0.29, 0.717) is 6.42 Å². The van der Waals surface area contributed by atoms with Gasteiger partial charge in [0.1, 0.15) is 23.9 Å². The number of aliphatic hydroxyl groups is 2. The number of ether oxygens (including phenoxy) is 6. The Kier molecular flexibility index (Phi) is 10.1. The van der Waals surface area contributed by atoms with Gasteiger partial charge in [-0.15, -0.1) is 0 Å². The Morgan fingerprint density at radius 1 is 0.936 bits per heavy atom. The fourth-order valence-corrected chi connectivity index (χ4v) is 7.66. The van der Waals surface area contributed by atoms with E-state index in [2.05, 4.69) is 6.92 Å². The van der Waals surface area contributed by atoms with E-state index < -0.39 is 94.6 Å². The van der Waals surface area contributed by atoms with E-state index in [1.54, 1.807) is 13.0 Å². The van der Waals surface area contributed by atoms with Crippen molar-refractivity contribution in [1.82, 2.24) is 0 Å². The first-order valence-electron chi connectivity index (χ1n) is 16.3. The van der Waals surface area contributed by atoms with Crippen molar-refractivity contribution in [3.8, 4) is 0 Å². The normalized spacial score (nSPS) is 40.4. The van der Waals surface area contributed by atoms with Crippen molar-refractivity contribution in [3.05, 3.63) is 23.8 Å². The molecule has 2 aliphatic carbocycles. The average Bonchev–Trinajstić information content (AvgIpc) is 3.53. The third-order valence-corrected chi connectivity index (χ3v) is 10.2. The molecule has 2 fully saturated rings. The minimum absolute atomic E-state index is 0.0220. The quantitative estimate of drug-likeness (QED) is 0.0868. The van der Waals surface area contributed by atoms with Gasteiger partial charge in [0, 0.05) is 38.5 Å². The van der Waals surface area contributed by atoms with Gasteiger partial charge < -0.3 is 38.6 Å². The number of hydrogen-bond acceptors (Lipinski definition) is 13. The molecule has 0 unspecified atom stereocenters. The maximum atomic E-state index is 13.3. The van der Waals surface area contributed by atoms with Crippen LogP contribution in [0.3, 0.4) is 0 Å². The van der Waals surface area contributed by atoms with Crippen molar-refractivity contribution in [2.24, 2.45) is 11.3 Å². The number of esters is 5. The van der Waals surface area contributed by atoms with Gasteiger partial charge >= 0.3 is 29.8 Å². The van der Waals surface area contributed by atoms with Crippen molar-refractivity contribution in [3.63, 3.8) is 0 Å². The summed E-state index contributed by atoms with van der Waals surface area (Å²) >= 11 is 0. The molecule has 0 amide bonds. The van der Waals surface area contributed by atoms with Crippen LogP contribution in [0.4, 0.5) is 0 Å². The summed E-state index contributed by atoms with van der Waals surface area (Å²) in [6.07, 6.45) is 2.81. The molecule has 13 nitrogen and oxygen atoms in total. The highest BCUT2D eigenvalue weighted by molar-refractivity contribution is 5.89. The summed E-state index contributed by atoms with van der Waals surface area (Å²) in [5.41, 5.74) is -6.95. The van der Waals surface area contributed by atoms with E-state index in [4.69, 9.17) is 28.4 Å². The molecule has 2 aliphatic heterocycles. The Balaban J connectivity index is 1.93. The monoisotopic (exact) mass is 664 g/mol. The lowest BCUT2D eigenvalue weighted by Crippen LogP contribution is -2.67. The van der Waals surface area contributed by atoms with E-state index >= 15 is 0 Å². The second-order valence-electron chi connectivity index (χ2n) is 13.8. The van der Waals surface area contributed by atoms with Crippen LogP contribution in [0.1, 0.15) is 100 Å². The molecular weight excluding hydrogens is 616 g/mol. The molecule has 47 heavy (non-hydrogen) atoms. The predicted octanol–water partition coefficient (Wildman–Crippen LogP) is 3.12. The molecule has 0 aromatic carbocycles. The van der Waals surface area contributed by atoms with Crippen LogP contribution in [0.25, 0.3) is 0 Å². The lowest BCUT2D eigenvalue weighted by atomic mass is 9.55. The standard InChI is InChI=1S/C34H48O13/c1-9-10-11-12-13-14-26(38)46-33(41)18-25(43-21(4)36)30(6)16-15-23(42-20(3)35)31(7,40)27(30)28(44-22(5)37)34-24(17-19(33)2)45-29(39)32(34,8)47-34/h15-17,23-25,27-28,40-41H,9-14,18H2,1-8H3/t23-,24+,25+,27-,28-,30+,31-,32+,33+,34-/m1/s1. The summed E-state index contributed by atoms with van der Waals surface area (Å²) in [7, 11) is 0. The molecule has 0 saturated carbocycles. The van der Waals surface area contributed by atoms with Crippen molar-refractivity contribution >= 4 is 29.8 Å². The average molecular weight is 665 g/mol. The highest BCUT2D eigenvalue weighted by Crippen LogP contribution is 2.65. The second-order valence-corrected chi connectivity index (χ2v) is 13.8. The highest BCUT2D eigenvalue weighted by Gasteiger charge is 2.88. The number of carbonyl (C=O) groups excluding carboxylic acids is 5. The molecule has 10 atom stereocenters. The molecule has 2 heterocycles. The Bertz CT molecular complexity index is 1350. The third kappa shape index (κ3) is 6.46. The van der Waals surface area contributed by atoms with Crippen LogP contribution in [-0.4, -0.2) is 87.1 Å². The van der Waals surface area contributed by atoms with Gasteiger partial charge in [-0.1, -0.05) is 45.6 Å². The molecule has 4 aliphatic rings. The number of hydrogen-bond donors (Lipinski definition) is 2. The largest absolute Gasteiger partial charge is 0.461 e. The van der Waals surface area contributed by atoms with Crippen LogP contribution in [0, 0.1) is 11.3 Å². The molecule has 2 N–H and O–H groups in total. The minimum atomic E-state index is -2.38. The maximum absolute atomic E-state index is 13.3. The fourth-order valence-electron chi connectivity index (χ4n) is 7.66. The number of fused-ring (bicyclic) bond motifs is 1. The van der Waals surface area contributed by atoms with E-state index in [1.165, 1.54) is 39.8 Å². The Labute approximate surface area is 274 Å². The second kappa shape index (κ2) is 13.0. The first-order chi connectivity index (χ1) is 21.8. The molecule has 0 bridgehead atoms. The summed E-state index contributed by atoms with van der Waals surface area (Å²) in [5.74, 6) is -7.42. The molecule has 13 heteroatoms. The number of carbonyl (C=O) groups is 5. The van der Waals surface area contributed by atoms with Gasteiger partial charge in [0.15, 0.2) is 17.3 Å². The van der Waals surface area contributed by atoms with E-state index in [-0.39, 0.29) is 12.0 Å². The van der Waals surface area contributed by atoms with Gasteiger partial charge in [0.05, 0.1) is 6.42 Å². The van der Waals surface area contributed by atoms with Crippen LogP contribution in [0.15, 0.2) is 23.8 Å². The first kappa shape index (κ1) is 36.5. The van der Waals surface area contributed by atoms with E-state index in [1.807, 2.05) is 0 Å². The molecule has 4 rings (SSSR count). The molecule has 0 radical (unpaired) electrons. The van der Waals surface area contributed by atoms with Crippen molar-refractivity contribution < 1.29 is 62.6 Å². The van der Waals surface area contributed by atoms with Gasteiger partial charge in [-0.3, -0.25) is 19.2 Å². The Morgan fingerprint density at radius 2 is 1.55 bits per heavy atom. The lowest BCUT2D eigenvalue weighted by Gasteiger charge is -2.55. The topological polar surface area (TPSA) is 184 Å². The molecular formula is C34H48O13. The zero-order chi connectivity index (χ0) is 35.2. The highest BCUT2D eigenvalue weighted by atomic mass is 16.7. The van der Waals surface area contributed by atoms with Crippen LogP contribution in [0.5, 0.6) is 0 Å². The van der Waals surface area contributed by atoms with Crippen molar-refractivity contribution in [2.45, 2.75) is 147 Å². The van der Waals surface area contributed by atoms with Gasteiger partial charge in [-0.05, 0) is 44.9 Å². The van der Waals surface area contributed by atoms with Crippen LogP contribution in [0.2, 0.25) is 0 Å². The summed E-state index contributed by atoms with van der Waals surface area (Å²) in [6, 6.07) is 0. The van der Waals surface area contributed by atoms with E-state index in [9.17, 15) is 34.2 Å². The molecule has 262 valence electrons. The molecule has 0 aromatic rings. The van der Waals surface area contributed by atoms with Gasteiger partial charge in [0.25, 0.3) is 0 Å². The zero-order valence-corrected chi connectivity index (χ0v) is 28.5. The lowest BCUT2D eigenvalue weighted by molar-refractivity contribution is -0.237. The van der Waals surface area contributed by atoms with Crippen LogP contribution >= 0.6 is 0 Å². The molecule has 2 saturated heterocycles.